The summed E-state index contributed by atoms with van der Waals surface area (Å²) in [5, 5.41) is 2.75. The molecule has 0 radical (unpaired) electrons. The molecule has 0 unspecified atom stereocenters. The molecular formula is C18H15N3O4. The Hall–Kier alpha value is -3.35. The Bertz CT molecular complexity index is 1020. The van der Waals surface area contributed by atoms with Gasteiger partial charge in [0, 0.05) is 23.5 Å². The fourth-order valence-electron chi connectivity index (χ4n) is 2.78. The van der Waals surface area contributed by atoms with Crippen LogP contribution in [-0.4, -0.2) is 27.9 Å². The first-order valence-electron chi connectivity index (χ1n) is 7.73. The van der Waals surface area contributed by atoms with Gasteiger partial charge in [0.05, 0.1) is 5.69 Å². The number of ether oxygens (including phenoxy) is 2. The van der Waals surface area contributed by atoms with Gasteiger partial charge in [0.25, 0.3) is 5.91 Å². The van der Waals surface area contributed by atoms with Crippen LogP contribution >= 0.6 is 0 Å². The van der Waals surface area contributed by atoms with Gasteiger partial charge in [-0.15, -0.1) is 0 Å². The number of nitrogens with one attached hydrogen (secondary N) is 1. The SMILES string of the molecule is CC(=O)c1cc2c(cc1NC(=O)c1cn3c(C)cccc3n1)OCO2. The highest BCUT2D eigenvalue weighted by atomic mass is 16.7. The molecule has 0 fully saturated rings. The van der Waals surface area contributed by atoms with E-state index in [9.17, 15) is 9.59 Å². The van der Waals surface area contributed by atoms with E-state index in [-0.39, 0.29) is 18.3 Å². The van der Waals surface area contributed by atoms with E-state index in [1.807, 2.05) is 29.5 Å². The number of hydrogen-bond donors (Lipinski definition) is 1. The number of hydrogen-bond acceptors (Lipinski definition) is 5. The molecule has 0 saturated carbocycles. The van der Waals surface area contributed by atoms with Crippen molar-refractivity contribution in [1.82, 2.24) is 9.38 Å². The highest BCUT2D eigenvalue weighted by Crippen LogP contribution is 2.37. The van der Waals surface area contributed by atoms with Crippen LogP contribution in [-0.2, 0) is 0 Å². The summed E-state index contributed by atoms with van der Waals surface area (Å²) in [7, 11) is 0. The van der Waals surface area contributed by atoms with E-state index < -0.39 is 5.91 Å². The zero-order chi connectivity index (χ0) is 17.6. The summed E-state index contributed by atoms with van der Waals surface area (Å²) in [6, 6.07) is 8.81. The number of anilines is 1. The lowest BCUT2D eigenvalue weighted by atomic mass is 10.1. The average Bonchev–Trinajstić information content (AvgIpc) is 3.20. The Morgan fingerprint density at radius 1 is 1.20 bits per heavy atom. The number of imidazole rings is 1. The van der Waals surface area contributed by atoms with Crippen molar-refractivity contribution >= 4 is 23.0 Å². The number of pyridine rings is 1. The number of aromatic nitrogens is 2. The van der Waals surface area contributed by atoms with Gasteiger partial charge in [0.15, 0.2) is 17.3 Å². The van der Waals surface area contributed by atoms with Crippen LogP contribution < -0.4 is 14.8 Å². The molecule has 2 aromatic heterocycles. The van der Waals surface area contributed by atoms with E-state index in [1.54, 1.807) is 18.3 Å². The number of amides is 1. The maximum atomic E-state index is 12.6. The van der Waals surface area contributed by atoms with Crippen LogP contribution in [0.1, 0.15) is 33.5 Å². The van der Waals surface area contributed by atoms with Crippen LogP contribution in [0.4, 0.5) is 5.69 Å². The first-order chi connectivity index (χ1) is 12.0. The van der Waals surface area contributed by atoms with Crippen LogP contribution in [0.25, 0.3) is 5.65 Å². The number of benzene rings is 1. The number of Topliss-reactive ketones (excluding diaryl/α,β-unsaturated/α-hetero) is 1. The van der Waals surface area contributed by atoms with Crippen LogP contribution in [0.3, 0.4) is 0 Å². The molecule has 1 aliphatic heterocycles. The van der Waals surface area contributed by atoms with Crippen molar-refractivity contribution in [2.75, 3.05) is 12.1 Å². The van der Waals surface area contributed by atoms with Crippen LogP contribution in [0.15, 0.2) is 36.5 Å². The van der Waals surface area contributed by atoms with E-state index in [2.05, 4.69) is 10.3 Å². The van der Waals surface area contributed by atoms with Crippen LogP contribution in [0.2, 0.25) is 0 Å². The van der Waals surface area contributed by atoms with Crippen molar-refractivity contribution in [3.05, 3.63) is 53.5 Å². The lowest BCUT2D eigenvalue weighted by Crippen LogP contribution is -2.14. The maximum Gasteiger partial charge on any atom is 0.275 e. The molecule has 4 rings (SSSR count). The second kappa shape index (κ2) is 5.62. The Morgan fingerprint density at radius 3 is 2.68 bits per heavy atom. The largest absolute Gasteiger partial charge is 0.454 e. The monoisotopic (exact) mass is 337 g/mol. The molecular weight excluding hydrogens is 322 g/mol. The fourth-order valence-corrected chi connectivity index (χ4v) is 2.78. The maximum absolute atomic E-state index is 12.6. The second-order valence-corrected chi connectivity index (χ2v) is 5.78. The number of nitrogens with zero attached hydrogens (tertiary/aromatic N) is 2. The Balaban J connectivity index is 1.70. The summed E-state index contributed by atoms with van der Waals surface area (Å²) in [4.78, 5) is 28.8. The summed E-state index contributed by atoms with van der Waals surface area (Å²) >= 11 is 0. The van der Waals surface area contributed by atoms with Gasteiger partial charge in [-0.2, -0.15) is 0 Å². The highest BCUT2D eigenvalue weighted by molar-refractivity contribution is 6.09. The van der Waals surface area contributed by atoms with Gasteiger partial charge < -0.3 is 19.2 Å². The third-order valence-corrected chi connectivity index (χ3v) is 4.07. The van der Waals surface area contributed by atoms with Crippen molar-refractivity contribution in [3.8, 4) is 11.5 Å². The predicted octanol–water partition coefficient (Wildman–Crippen LogP) is 2.83. The molecule has 1 amide bonds. The summed E-state index contributed by atoms with van der Waals surface area (Å²) in [6.07, 6.45) is 1.67. The molecule has 0 bridgehead atoms. The lowest BCUT2D eigenvalue weighted by molar-refractivity contribution is 0.101. The van der Waals surface area contributed by atoms with E-state index >= 15 is 0 Å². The normalized spacial score (nSPS) is 12.4. The van der Waals surface area contributed by atoms with Crippen molar-refractivity contribution in [2.45, 2.75) is 13.8 Å². The fraction of sp³-hybridized carbons (Fsp3) is 0.167. The topological polar surface area (TPSA) is 81.9 Å². The van der Waals surface area contributed by atoms with Gasteiger partial charge >= 0.3 is 0 Å². The number of aryl methyl sites for hydroxylation is 1. The minimum absolute atomic E-state index is 0.0930. The zero-order valence-electron chi connectivity index (χ0n) is 13.7. The molecule has 3 heterocycles. The summed E-state index contributed by atoms with van der Waals surface area (Å²) in [5.74, 6) is 0.404. The number of rotatable bonds is 3. The van der Waals surface area contributed by atoms with Gasteiger partial charge in [0.2, 0.25) is 6.79 Å². The summed E-state index contributed by atoms with van der Waals surface area (Å²) in [5.41, 5.74) is 2.65. The highest BCUT2D eigenvalue weighted by Gasteiger charge is 2.21. The molecule has 7 nitrogen and oxygen atoms in total. The average molecular weight is 337 g/mol. The third-order valence-electron chi connectivity index (χ3n) is 4.07. The van der Waals surface area contributed by atoms with Crippen molar-refractivity contribution in [2.24, 2.45) is 0 Å². The Labute approximate surface area is 143 Å². The standard InChI is InChI=1S/C18H15N3O4/c1-10-4-3-5-17-19-14(8-21(10)17)18(23)20-13-7-16-15(24-9-25-16)6-12(13)11(2)22/h3-8H,9H2,1-2H3,(H,20,23). The van der Waals surface area contributed by atoms with Crippen molar-refractivity contribution in [3.63, 3.8) is 0 Å². The lowest BCUT2D eigenvalue weighted by Gasteiger charge is -2.09. The van der Waals surface area contributed by atoms with Crippen LogP contribution in [0, 0.1) is 6.92 Å². The predicted molar refractivity (Wildman–Crippen MR) is 90.5 cm³/mol. The van der Waals surface area contributed by atoms with Gasteiger partial charge in [-0.3, -0.25) is 9.59 Å². The molecule has 0 spiro atoms. The molecule has 25 heavy (non-hydrogen) atoms. The Kier molecular flexibility index (Phi) is 3.42. The minimum atomic E-state index is -0.399. The smallest absolute Gasteiger partial charge is 0.275 e. The van der Waals surface area contributed by atoms with Crippen molar-refractivity contribution < 1.29 is 19.1 Å². The summed E-state index contributed by atoms with van der Waals surface area (Å²) < 4.78 is 12.4. The zero-order valence-corrected chi connectivity index (χ0v) is 13.7. The Morgan fingerprint density at radius 2 is 1.96 bits per heavy atom. The molecule has 126 valence electrons. The molecule has 3 aromatic rings. The molecule has 0 saturated heterocycles. The number of carbonyl (C=O) groups is 2. The van der Waals surface area contributed by atoms with Crippen LogP contribution in [0.5, 0.6) is 11.5 Å². The molecule has 0 atom stereocenters. The molecule has 0 aliphatic carbocycles. The number of carbonyl (C=O) groups excluding carboxylic acids is 2. The van der Waals surface area contributed by atoms with E-state index in [4.69, 9.17) is 9.47 Å². The third kappa shape index (κ3) is 2.59. The van der Waals surface area contributed by atoms with Gasteiger partial charge in [-0.25, -0.2) is 4.98 Å². The molecule has 1 N–H and O–H groups in total. The van der Waals surface area contributed by atoms with E-state index in [0.29, 0.717) is 28.4 Å². The van der Waals surface area contributed by atoms with E-state index in [0.717, 1.165) is 5.69 Å². The molecule has 1 aromatic carbocycles. The number of fused-ring (bicyclic) bond motifs is 2. The molecule has 7 heteroatoms. The first kappa shape index (κ1) is 15.2. The van der Waals surface area contributed by atoms with Gasteiger partial charge in [-0.1, -0.05) is 6.07 Å². The van der Waals surface area contributed by atoms with E-state index in [1.165, 1.54) is 6.92 Å². The van der Waals surface area contributed by atoms with Gasteiger partial charge in [0.1, 0.15) is 11.3 Å². The summed E-state index contributed by atoms with van der Waals surface area (Å²) in [6.45, 7) is 3.46. The van der Waals surface area contributed by atoms with Gasteiger partial charge in [-0.05, 0) is 32.0 Å². The van der Waals surface area contributed by atoms with Crippen molar-refractivity contribution in [1.29, 1.82) is 0 Å². The first-order valence-corrected chi connectivity index (χ1v) is 7.73. The molecule has 1 aliphatic rings. The minimum Gasteiger partial charge on any atom is -0.454 e. The number of ketones is 1. The quantitative estimate of drug-likeness (QED) is 0.743. The second-order valence-electron chi connectivity index (χ2n) is 5.78.